The molecule has 6 nitrogen and oxygen atoms in total. The summed E-state index contributed by atoms with van der Waals surface area (Å²) in [6, 6.07) is 12.6. The second-order valence-corrected chi connectivity index (χ2v) is 6.55. The zero-order valence-electron chi connectivity index (χ0n) is 15.7. The number of benzene rings is 2. The maximum Gasteiger partial charge on any atom is 0.206 e. The topological polar surface area (TPSA) is 68.3 Å². The molecule has 1 aromatic heterocycles. The Morgan fingerprint density at radius 1 is 1.18 bits per heavy atom. The van der Waals surface area contributed by atoms with Crippen molar-refractivity contribution in [2.45, 2.75) is 0 Å². The van der Waals surface area contributed by atoms with Crippen molar-refractivity contribution in [2.75, 3.05) is 20.8 Å². The van der Waals surface area contributed by atoms with Crippen molar-refractivity contribution in [2.24, 2.45) is 10.1 Å². The van der Waals surface area contributed by atoms with Crippen LogP contribution in [0.2, 0.25) is 0 Å². The normalized spacial score (nSPS) is 11.7. The molecule has 0 aliphatic heterocycles. The Hall–Kier alpha value is -3.32. The lowest BCUT2D eigenvalue weighted by Crippen LogP contribution is -2.12. The molecular formula is C21H21N3O3S. The van der Waals surface area contributed by atoms with E-state index in [9.17, 15) is 5.11 Å². The molecule has 0 aliphatic rings. The summed E-state index contributed by atoms with van der Waals surface area (Å²) in [7, 11) is 3.24. The van der Waals surface area contributed by atoms with Crippen molar-refractivity contribution in [3.63, 3.8) is 0 Å². The Balaban J connectivity index is 2.17. The molecule has 0 radical (unpaired) electrons. The van der Waals surface area contributed by atoms with Crippen LogP contribution in [0.4, 0.5) is 0 Å². The highest BCUT2D eigenvalue weighted by atomic mass is 32.1. The molecule has 3 aromatic rings. The van der Waals surface area contributed by atoms with E-state index in [1.165, 1.54) is 11.3 Å². The zero-order valence-corrected chi connectivity index (χ0v) is 16.5. The maximum absolute atomic E-state index is 10.0. The number of para-hydroxylation sites is 1. The predicted molar refractivity (Wildman–Crippen MR) is 113 cm³/mol. The minimum atomic E-state index is 0.159. The number of aromatic hydroxyl groups is 1. The van der Waals surface area contributed by atoms with E-state index in [0.29, 0.717) is 28.4 Å². The van der Waals surface area contributed by atoms with Crippen LogP contribution in [0.25, 0.3) is 11.3 Å². The molecule has 1 N–H and O–H groups in total. The molecule has 0 saturated carbocycles. The van der Waals surface area contributed by atoms with E-state index in [-0.39, 0.29) is 5.75 Å². The summed E-state index contributed by atoms with van der Waals surface area (Å²) in [6.07, 6.45) is 3.33. The zero-order chi connectivity index (χ0) is 19.9. The number of nitrogens with zero attached hydrogens (tertiary/aromatic N) is 3. The van der Waals surface area contributed by atoms with Gasteiger partial charge in [-0.1, -0.05) is 18.2 Å². The second kappa shape index (κ2) is 9.05. The van der Waals surface area contributed by atoms with Gasteiger partial charge in [0.1, 0.15) is 17.2 Å². The lowest BCUT2D eigenvalue weighted by molar-refractivity contribution is 0.404. The monoisotopic (exact) mass is 395 g/mol. The van der Waals surface area contributed by atoms with Crippen LogP contribution in [-0.2, 0) is 0 Å². The van der Waals surface area contributed by atoms with E-state index >= 15 is 0 Å². The van der Waals surface area contributed by atoms with Crippen LogP contribution in [0.15, 0.2) is 70.6 Å². The minimum Gasteiger partial charge on any atom is -0.507 e. The first-order valence-electron chi connectivity index (χ1n) is 8.54. The van der Waals surface area contributed by atoms with Crippen LogP contribution < -0.4 is 14.3 Å². The van der Waals surface area contributed by atoms with Crippen molar-refractivity contribution in [3.8, 4) is 28.5 Å². The molecule has 28 heavy (non-hydrogen) atoms. The average Bonchev–Trinajstić information content (AvgIpc) is 3.13. The van der Waals surface area contributed by atoms with Gasteiger partial charge in [0.05, 0.1) is 32.7 Å². The van der Waals surface area contributed by atoms with Gasteiger partial charge in [0.2, 0.25) is 4.80 Å². The third-order valence-corrected chi connectivity index (χ3v) is 4.83. The summed E-state index contributed by atoms with van der Waals surface area (Å²) >= 11 is 1.46. The number of ether oxygens (including phenoxy) is 2. The Morgan fingerprint density at radius 3 is 2.71 bits per heavy atom. The van der Waals surface area contributed by atoms with Crippen molar-refractivity contribution in [3.05, 3.63) is 70.9 Å². The Kier molecular flexibility index (Phi) is 6.29. The van der Waals surface area contributed by atoms with Gasteiger partial charge >= 0.3 is 0 Å². The molecule has 2 aromatic carbocycles. The highest BCUT2D eigenvalue weighted by molar-refractivity contribution is 7.07. The smallest absolute Gasteiger partial charge is 0.206 e. The molecule has 0 bridgehead atoms. The van der Waals surface area contributed by atoms with E-state index in [2.05, 4.69) is 16.7 Å². The molecule has 1 heterocycles. The molecule has 0 saturated heterocycles. The van der Waals surface area contributed by atoms with E-state index < -0.39 is 0 Å². The van der Waals surface area contributed by atoms with Crippen molar-refractivity contribution < 1.29 is 14.6 Å². The van der Waals surface area contributed by atoms with E-state index in [4.69, 9.17) is 9.47 Å². The SMILES string of the molecule is C=CCN=c1scc(-c2cc(OC)ccc2OC)n1N=Cc1ccccc1O. The molecule has 0 amide bonds. The molecule has 144 valence electrons. The summed E-state index contributed by atoms with van der Waals surface area (Å²) in [5, 5.41) is 16.6. The number of phenols is 1. The predicted octanol–water partition coefficient (Wildman–Crippen LogP) is 3.91. The number of thiazole rings is 1. The van der Waals surface area contributed by atoms with E-state index in [1.807, 2.05) is 29.6 Å². The standard InChI is InChI=1S/C21H21N3O3S/c1-4-11-22-21-24(23-13-15-7-5-6-8-19(15)25)18(14-28-21)17-12-16(26-2)9-10-20(17)27-3/h4-10,12-14,25H,1,11H2,2-3H3. The van der Waals surface area contributed by atoms with Gasteiger partial charge in [0, 0.05) is 16.5 Å². The summed E-state index contributed by atoms with van der Waals surface area (Å²) < 4.78 is 12.6. The van der Waals surface area contributed by atoms with Crippen molar-refractivity contribution in [1.29, 1.82) is 0 Å². The van der Waals surface area contributed by atoms with E-state index in [0.717, 1.165) is 11.3 Å². The number of rotatable bonds is 7. The summed E-state index contributed by atoms with van der Waals surface area (Å²) in [5.41, 5.74) is 2.24. The van der Waals surface area contributed by atoms with Crippen LogP contribution in [0.1, 0.15) is 5.56 Å². The Morgan fingerprint density at radius 2 is 2.00 bits per heavy atom. The molecule has 3 rings (SSSR count). The van der Waals surface area contributed by atoms with E-state index in [1.54, 1.807) is 49.4 Å². The molecule has 0 aliphatic carbocycles. The number of hydrogen-bond donors (Lipinski definition) is 1. The quantitative estimate of drug-likeness (QED) is 0.487. The summed E-state index contributed by atoms with van der Waals surface area (Å²) in [6.45, 7) is 4.19. The van der Waals surface area contributed by atoms with Crippen LogP contribution in [-0.4, -0.2) is 36.8 Å². The van der Waals surface area contributed by atoms with Crippen LogP contribution in [0.5, 0.6) is 17.2 Å². The van der Waals surface area contributed by atoms with Gasteiger partial charge < -0.3 is 14.6 Å². The van der Waals surface area contributed by atoms with Crippen molar-refractivity contribution >= 4 is 17.6 Å². The largest absolute Gasteiger partial charge is 0.507 e. The van der Waals surface area contributed by atoms with Gasteiger partial charge in [0.25, 0.3) is 0 Å². The minimum absolute atomic E-state index is 0.159. The Labute approximate surface area is 167 Å². The van der Waals surface area contributed by atoms with Gasteiger partial charge in [0.15, 0.2) is 0 Å². The molecule has 0 unspecified atom stereocenters. The fourth-order valence-corrected chi connectivity index (χ4v) is 3.42. The van der Waals surface area contributed by atoms with Gasteiger partial charge in [-0.2, -0.15) is 5.10 Å². The van der Waals surface area contributed by atoms with Crippen LogP contribution in [0.3, 0.4) is 0 Å². The number of aromatic nitrogens is 1. The first-order valence-corrected chi connectivity index (χ1v) is 9.42. The maximum atomic E-state index is 10.0. The second-order valence-electron chi connectivity index (χ2n) is 5.71. The van der Waals surface area contributed by atoms with Crippen molar-refractivity contribution in [1.82, 2.24) is 4.68 Å². The van der Waals surface area contributed by atoms with Crippen LogP contribution >= 0.6 is 11.3 Å². The fourth-order valence-electron chi connectivity index (χ4n) is 2.58. The lowest BCUT2D eigenvalue weighted by Gasteiger charge is -2.11. The summed E-state index contributed by atoms with van der Waals surface area (Å²) in [5.74, 6) is 1.57. The van der Waals surface area contributed by atoms with Gasteiger partial charge in [-0.25, -0.2) is 4.68 Å². The third kappa shape index (κ3) is 4.15. The Bertz CT molecular complexity index is 1070. The molecular weight excluding hydrogens is 374 g/mol. The molecule has 0 atom stereocenters. The first-order chi connectivity index (χ1) is 13.7. The highest BCUT2D eigenvalue weighted by Crippen LogP contribution is 2.33. The lowest BCUT2D eigenvalue weighted by atomic mass is 10.1. The highest BCUT2D eigenvalue weighted by Gasteiger charge is 2.14. The average molecular weight is 395 g/mol. The van der Waals surface area contributed by atoms with Gasteiger partial charge in [-0.15, -0.1) is 17.9 Å². The summed E-state index contributed by atoms with van der Waals surface area (Å²) in [4.78, 5) is 5.22. The number of phenolic OH excluding ortho intramolecular Hbond substituents is 1. The molecule has 0 fully saturated rings. The molecule has 7 heteroatoms. The first kappa shape index (κ1) is 19.4. The van der Waals surface area contributed by atoms with Gasteiger partial charge in [-0.3, -0.25) is 4.99 Å². The number of hydrogen-bond acceptors (Lipinski definition) is 6. The molecule has 0 spiro atoms. The fraction of sp³-hybridized carbons (Fsp3) is 0.143. The van der Waals surface area contributed by atoms with Crippen LogP contribution in [0, 0.1) is 0 Å². The third-order valence-electron chi connectivity index (χ3n) is 3.97. The van der Waals surface area contributed by atoms with Gasteiger partial charge in [-0.05, 0) is 30.3 Å². The number of methoxy groups -OCH3 is 2.